The molecule has 1 aromatic carbocycles. The summed E-state index contributed by atoms with van der Waals surface area (Å²) in [7, 11) is -0.689. The lowest BCUT2D eigenvalue weighted by molar-refractivity contribution is -0.119. The van der Waals surface area contributed by atoms with E-state index in [1.165, 1.54) is 14.2 Å². The Bertz CT molecular complexity index is 935. The smallest absolute Gasteiger partial charge is 0.242 e. The Balaban J connectivity index is 1.65. The SMILES string of the molecule is COc1ccc(-c2noc(CS(=O)(=O)CC(=O)NC3CCCC3)n2)cc1OC. The Morgan fingerprint density at radius 2 is 1.93 bits per heavy atom. The lowest BCUT2D eigenvalue weighted by Crippen LogP contribution is -2.37. The van der Waals surface area contributed by atoms with E-state index < -0.39 is 27.3 Å². The van der Waals surface area contributed by atoms with Crippen LogP contribution in [0.4, 0.5) is 0 Å². The fourth-order valence-electron chi connectivity index (χ4n) is 3.18. The van der Waals surface area contributed by atoms with Crippen LogP contribution >= 0.6 is 0 Å². The summed E-state index contributed by atoms with van der Waals surface area (Å²) in [6, 6.07) is 5.13. The Hall–Kier alpha value is -2.62. The van der Waals surface area contributed by atoms with Crippen molar-refractivity contribution in [3.63, 3.8) is 0 Å². The third kappa shape index (κ3) is 5.00. The second kappa shape index (κ2) is 8.59. The van der Waals surface area contributed by atoms with Crippen LogP contribution < -0.4 is 14.8 Å². The average molecular weight is 409 g/mol. The van der Waals surface area contributed by atoms with Gasteiger partial charge in [0.05, 0.1) is 14.2 Å². The summed E-state index contributed by atoms with van der Waals surface area (Å²) in [5.74, 6) is -0.400. The van der Waals surface area contributed by atoms with E-state index in [0.717, 1.165) is 25.7 Å². The molecule has 1 amide bonds. The number of hydrogen-bond acceptors (Lipinski definition) is 8. The molecule has 1 saturated carbocycles. The van der Waals surface area contributed by atoms with Crippen molar-refractivity contribution in [2.75, 3.05) is 20.0 Å². The second-order valence-electron chi connectivity index (χ2n) is 6.66. The maximum Gasteiger partial charge on any atom is 0.242 e. The van der Waals surface area contributed by atoms with Crippen LogP contribution in [0, 0.1) is 0 Å². The lowest BCUT2D eigenvalue weighted by Gasteiger charge is -2.11. The summed E-state index contributed by atoms with van der Waals surface area (Å²) in [5, 5.41) is 6.58. The molecule has 1 aliphatic carbocycles. The summed E-state index contributed by atoms with van der Waals surface area (Å²) in [6.45, 7) is 0. The average Bonchev–Trinajstić information content (AvgIpc) is 3.32. The van der Waals surface area contributed by atoms with Crippen molar-refractivity contribution in [3.05, 3.63) is 24.1 Å². The molecule has 28 heavy (non-hydrogen) atoms. The van der Waals surface area contributed by atoms with Gasteiger partial charge in [-0.2, -0.15) is 4.98 Å². The van der Waals surface area contributed by atoms with Crippen LogP contribution in [-0.4, -0.2) is 50.5 Å². The first kappa shape index (κ1) is 20.1. The minimum absolute atomic E-state index is 0.0709. The summed E-state index contributed by atoms with van der Waals surface area (Å²) < 4.78 is 40.0. The Morgan fingerprint density at radius 1 is 1.21 bits per heavy atom. The molecular formula is C18H23N3O6S. The number of carbonyl (C=O) groups is 1. The molecule has 0 aliphatic heterocycles. The normalized spacial score (nSPS) is 14.8. The number of amides is 1. The topological polar surface area (TPSA) is 121 Å². The van der Waals surface area contributed by atoms with Gasteiger partial charge in [-0.3, -0.25) is 4.79 Å². The van der Waals surface area contributed by atoms with E-state index in [1.807, 2.05) is 0 Å². The predicted molar refractivity (Wildman–Crippen MR) is 101 cm³/mol. The molecular weight excluding hydrogens is 386 g/mol. The molecule has 2 aromatic rings. The van der Waals surface area contributed by atoms with Gasteiger partial charge >= 0.3 is 0 Å². The van der Waals surface area contributed by atoms with E-state index >= 15 is 0 Å². The maximum absolute atomic E-state index is 12.3. The van der Waals surface area contributed by atoms with Gasteiger partial charge in [-0.15, -0.1) is 0 Å². The molecule has 0 spiro atoms. The lowest BCUT2D eigenvalue weighted by atomic mass is 10.2. The Kier molecular flexibility index (Phi) is 6.18. The molecule has 152 valence electrons. The van der Waals surface area contributed by atoms with Crippen LogP contribution in [0.15, 0.2) is 22.7 Å². The minimum atomic E-state index is -3.72. The largest absolute Gasteiger partial charge is 0.493 e. The molecule has 0 bridgehead atoms. The summed E-state index contributed by atoms with van der Waals surface area (Å²) in [6.07, 6.45) is 3.89. The minimum Gasteiger partial charge on any atom is -0.493 e. The van der Waals surface area contributed by atoms with Crippen LogP contribution in [-0.2, 0) is 20.4 Å². The molecule has 1 fully saturated rings. The zero-order chi connectivity index (χ0) is 20.1. The standard InChI is InChI=1S/C18H23N3O6S/c1-25-14-8-7-12(9-15(14)26-2)18-20-17(27-21-18)11-28(23,24)10-16(22)19-13-5-3-4-6-13/h7-9,13H,3-6,10-11H2,1-2H3,(H,19,22). The number of carbonyl (C=O) groups excluding carboxylic acids is 1. The van der Waals surface area contributed by atoms with Gasteiger partial charge in [0.1, 0.15) is 11.5 Å². The summed E-state index contributed by atoms with van der Waals surface area (Å²) >= 11 is 0. The number of nitrogens with one attached hydrogen (secondary N) is 1. The molecule has 9 nitrogen and oxygen atoms in total. The van der Waals surface area contributed by atoms with Gasteiger partial charge in [-0.25, -0.2) is 8.42 Å². The van der Waals surface area contributed by atoms with Crippen LogP contribution in [0.2, 0.25) is 0 Å². The van der Waals surface area contributed by atoms with Crippen molar-refractivity contribution < 1.29 is 27.2 Å². The van der Waals surface area contributed by atoms with Gasteiger partial charge in [-0.05, 0) is 31.0 Å². The number of methoxy groups -OCH3 is 2. The quantitative estimate of drug-likeness (QED) is 0.700. The first-order valence-corrected chi connectivity index (χ1v) is 10.8. The number of benzene rings is 1. The number of sulfone groups is 1. The van der Waals surface area contributed by atoms with Gasteiger partial charge in [0.2, 0.25) is 17.6 Å². The van der Waals surface area contributed by atoms with Gasteiger partial charge in [-0.1, -0.05) is 18.0 Å². The Labute approximate surface area is 163 Å². The highest BCUT2D eigenvalue weighted by atomic mass is 32.2. The predicted octanol–water partition coefficient (Wildman–Crippen LogP) is 1.73. The third-order valence-electron chi connectivity index (χ3n) is 4.52. The number of nitrogens with zero attached hydrogens (tertiary/aromatic N) is 2. The van der Waals surface area contributed by atoms with E-state index in [0.29, 0.717) is 17.1 Å². The van der Waals surface area contributed by atoms with E-state index in [2.05, 4.69) is 15.5 Å². The van der Waals surface area contributed by atoms with Crippen LogP contribution in [0.3, 0.4) is 0 Å². The van der Waals surface area contributed by atoms with Gasteiger partial charge in [0.15, 0.2) is 21.3 Å². The van der Waals surface area contributed by atoms with Crippen molar-refractivity contribution in [2.45, 2.75) is 37.5 Å². The van der Waals surface area contributed by atoms with Crippen LogP contribution in [0.1, 0.15) is 31.6 Å². The van der Waals surface area contributed by atoms with E-state index in [-0.39, 0.29) is 17.8 Å². The van der Waals surface area contributed by atoms with Crippen molar-refractivity contribution >= 4 is 15.7 Å². The zero-order valence-electron chi connectivity index (χ0n) is 15.8. The molecule has 0 atom stereocenters. The fourth-order valence-corrected chi connectivity index (χ4v) is 4.26. The van der Waals surface area contributed by atoms with E-state index in [1.54, 1.807) is 18.2 Å². The highest BCUT2D eigenvalue weighted by Crippen LogP contribution is 2.31. The molecule has 1 aliphatic rings. The van der Waals surface area contributed by atoms with Crippen molar-refractivity contribution in [2.24, 2.45) is 0 Å². The molecule has 10 heteroatoms. The van der Waals surface area contributed by atoms with Gasteiger partial charge in [0, 0.05) is 11.6 Å². The summed E-state index contributed by atoms with van der Waals surface area (Å²) in [5.41, 5.74) is 0.587. The first-order valence-electron chi connectivity index (χ1n) is 8.95. The van der Waals surface area contributed by atoms with Crippen LogP contribution in [0.25, 0.3) is 11.4 Å². The van der Waals surface area contributed by atoms with Crippen molar-refractivity contribution in [3.8, 4) is 22.9 Å². The zero-order valence-corrected chi connectivity index (χ0v) is 16.6. The molecule has 0 radical (unpaired) electrons. The number of rotatable bonds is 8. The Morgan fingerprint density at radius 3 is 2.61 bits per heavy atom. The van der Waals surface area contributed by atoms with E-state index in [9.17, 15) is 13.2 Å². The molecule has 1 N–H and O–H groups in total. The number of hydrogen-bond donors (Lipinski definition) is 1. The monoisotopic (exact) mass is 409 g/mol. The van der Waals surface area contributed by atoms with E-state index in [4.69, 9.17) is 14.0 Å². The molecule has 0 unspecified atom stereocenters. The maximum atomic E-state index is 12.3. The highest BCUT2D eigenvalue weighted by molar-refractivity contribution is 7.91. The molecule has 1 aromatic heterocycles. The molecule has 1 heterocycles. The summed E-state index contributed by atoms with van der Waals surface area (Å²) in [4.78, 5) is 16.1. The van der Waals surface area contributed by atoms with Crippen LogP contribution in [0.5, 0.6) is 11.5 Å². The number of aromatic nitrogens is 2. The van der Waals surface area contributed by atoms with Crippen molar-refractivity contribution in [1.29, 1.82) is 0 Å². The number of ether oxygens (including phenoxy) is 2. The second-order valence-corrected chi connectivity index (χ2v) is 8.73. The first-order chi connectivity index (χ1) is 13.4. The highest BCUT2D eigenvalue weighted by Gasteiger charge is 2.24. The molecule has 3 rings (SSSR count). The molecule has 0 saturated heterocycles. The van der Waals surface area contributed by atoms with Gasteiger partial charge in [0.25, 0.3) is 0 Å². The van der Waals surface area contributed by atoms with Crippen molar-refractivity contribution in [1.82, 2.24) is 15.5 Å². The third-order valence-corrected chi connectivity index (χ3v) is 5.91. The van der Waals surface area contributed by atoms with Gasteiger partial charge < -0.3 is 19.3 Å². The fraction of sp³-hybridized carbons (Fsp3) is 0.500.